The van der Waals surface area contributed by atoms with Gasteiger partial charge in [-0.25, -0.2) is 0 Å². The van der Waals surface area contributed by atoms with E-state index in [1.54, 1.807) is 35.8 Å². The topological polar surface area (TPSA) is 51.1 Å². The van der Waals surface area contributed by atoms with Crippen LogP contribution in [-0.4, -0.2) is 10.5 Å². The number of hydrogen-bond donors (Lipinski definition) is 1. The number of fused-ring (bicyclic) bond motifs is 1. The summed E-state index contributed by atoms with van der Waals surface area (Å²) in [5, 5.41) is 2.47. The van der Waals surface area contributed by atoms with Crippen LogP contribution in [0.15, 0.2) is 53.5 Å². The van der Waals surface area contributed by atoms with Gasteiger partial charge in [-0.05, 0) is 72.0 Å². The molecule has 8 heteroatoms. The average molecular weight is 486 g/mol. The average Bonchev–Trinajstić information content (AvgIpc) is 2.63. The summed E-state index contributed by atoms with van der Waals surface area (Å²) in [7, 11) is 0. The van der Waals surface area contributed by atoms with Crippen LogP contribution in [0.5, 0.6) is 0 Å². The first-order chi connectivity index (χ1) is 12.7. The molecule has 0 bridgehead atoms. The summed E-state index contributed by atoms with van der Waals surface area (Å²) >= 11 is 2.12. The molecule has 0 saturated heterocycles. The van der Waals surface area contributed by atoms with E-state index in [-0.39, 0.29) is 10.9 Å². The fraction of sp³-hybridized carbons (Fsp3) is 0.158. The third kappa shape index (κ3) is 4.00. The van der Waals surface area contributed by atoms with Crippen LogP contribution < -0.4 is 10.7 Å². The summed E-state index contributed by atoms with van der Waals surface area (Å²) in [5.74, 6) is -0.664. The zero-order valence-electron chi connectivity index (χ0n) is 14.1. The maximum absolute atomic E-state index is 13.0. The molecule has 0 unspecified atom stereocenters. The number of nitrogens with zero attached hydrogens (tertiary/aromatic N) is 1. The highest BCUT2D eigenvalue weighted by Gasteiger charge is 2.31. The zero-order valence-corrected chi connectivity index (χ0v) is 16.3. The molecule has 140 valence electrons. The highest BCUT2D eigenvalue weighted by atomic mass is 127. The summed E-state index contributed by atoms with van der Waals surface area (Å²) in [6.45, 7) is 2.17. The van der Waals surface area contributed by atoms with E-state index in [2.05, 4.69) is 27.9 Å². The van der Waals surface area contributed by atoms with Gasteiger partial charge in [-0.2, -0.15) is 13.2 Å². The second-order valence-corrected chi connectivity index (χ2v) is 7.09. The molecule has 0 radical (unpaired) electrons. The Hall–Kier alpha value is -2.36. The summed E-state index contributed by atoms with van der Waals surface area (Å²) in [5.41, 5.74) is -1.02. The predicted octanol–water partition coefficient (Wildman–Crippen LogP) is 4.90. The molecule has 27 heavy (non-hydrogen) atoms. The Balaban J connectivity index is 2.12. The molecule has 3 aromatic rings. The molecule has 0 atom stereocenters. The minimum atomic E-state index is -4.57. The minimum absolute atomic E-state index is 0.137. The number of anilines is 1. The van der Waals surface area contributed by atoms with Gasteiger partial charge in [0.15, 0.2) is 0 Å². The molecular weight excluding hydrogens is 472 g/mol. The smallest absolute Gasteiger partial charge is 0.347 e. The lowest BCUT2D eigenvalue weighted by Gasteiger charge is -2.14. The summed E-state index contributed by atoms with van der Waals surface area (Å²) < 4.78 is 41.6. The molecule has 0 aliphatic rings. The number of pyridine rings is 1. The number of carbonyl (C=O) groups excluding carboxylic acids is 1. The number of amides is 1. The first-order valence-electron chi connectivity index (χ1n) is 8.02. The van der Waals surface area contributed by atoms with Crippen molar-refractivity contribution in [2.45, 2.75) is 19.6 Å². The highest BCUT2D eigenvalue weighted by molar-refractivity contribution is 14.1. The van der Waals surface area contributed by atoms with Crippen LogP contribution in [-0.2, 0) is 12.7 Å². The lowest BCUT2D eigenvalue weighted by molar-refractivity contribution is -0.137. The number of aryl methyl sites for hydroxylation is 1. The number of hydrogen-bond acceptors (Lipinski definition) is 2. The van der Waals surface area contributed by atoms with E-state index in [4.69, 9.17) is 0 Å². The minimum Gasteiger partial charge on any atom is -0.347 e. The van der Waals surface area contributed by atoms with Crippen molar-refractivity contribution >= 4 is 45.1 Å². The molecule has 0 spiro atoms. The van der Waals surface area contributed by atoms with Gasteiger partial charge in [-0.1, -0.05) is 0 Å². The monoisotopic (exact) mass is 486 g/mol. The molecule has 3 rings (SSSR count). The molecule has 1 amide bonds. The first-order valence-corrected chi connectivity index (χ1v) is 9.10. The van der Waals surface area contributed by atoms with Crippen molar-refractivity contribution in [1.29, 1.82) is 0 Å². The Kier molecular flexibility index (Phi) is 5.27. The van der Waals surface area contributed by atoms with E-state index < -0.39 is 23.1 Å². The van der Waals surface area contributed by atoms with Crippen molar-refractivity contribution in [3.8, 4) is 0 Å². The van der Waals surface area contributed by atoms with Crippen molar-refractivity contribution in [3.63, 3.8) is 0 Å². The van der Waals surface area contributed by atoms with Gasteiger partial charge in [0, 0.05) is 27.4 Å². The third-order valence-electron chi connectivity index (χ3n) is 4.09. The second kappa shape index (κ2) is 7.34. The normalized spacial score (nSPS) is 11.6. The van der Waals surface area contributed by atoms with Crippen LogP contribution in [0.3, 0.4) is 0 Å². The molecule has 0 saturated carbocycles. The van der Waals surface area contributed by atoms with Crippen molar-refractivity contribution in [3.05, 3.63) is 73.6 Å². The van der Waals surface area contributed by atoms with Crippen LogP contribution in [0.25, 0.3) is 10.9 Å². The molecule has 4 nitrogen and oxygen atoms in total. The number of aromatic nitrogens is 1. The van der Waals surface area contributed by atoms with Gasteiger partial charge in [-0.3, -0.25) is 9.59 Å². The molecule has 0 aliphatic heterocycles. The van der Waals surface area contributed by atoms with Gasteiger partial charge in [0.05, 0.1) is 11.1 Å². The van der Waals surface area contributed by atoms with E-state index in [0.717, 1.165) is 15.7 Å². The lowest BCUT2D eigenvalue weighted by Crippen LogP contribution is -2.24. The molecule has 0 aliphatic carbocycles. The van der Waals surface area contributed by atoms with Crippen LogP contribution in [0.1, 0.15) is 22.8 Å². The van der Waals surface area contributed by atoms with Gasteiger partial charge < -0.3 is 9.88 Å². The lowest BCUT2D eigenvalue weighted by atomic mass is 10.1. The summed E-state index contributed by atoms with van der Waals surface area (Å²) in [6, 6.07) is 9.92. The molecule has 1 N–H and O–H groups in total. The molecule has 1 aromatic heterocycles. The second-order valence-electron chi connectivity index (χ2n) is 5.85. The fourth-order valence-electron chi connectivity index (χ4n) is 2.73. The number of halogens is 4. The van der Waals surface area contributed by atoms with Gasteiger partial charge in [0.25, 0.3) is 5.91 Å². The number of nitrogens with one attached hydrogen (secondary N) is 1. The van der Waals surface area contributed by atoms with Crippen molar-refractivity contribution in [2.24, 2.45) is 0 Å². The number of alkyl halides is 3. The van der Waals surface area contributed by atoms with E-state index >= 15 is 0 Å². The van der Waals surface area contributed by atoms with Gasteiger partial charge >= 0.3 is 6.18 Å². The Bertz CT molecular complexity index is 1070. The number of carbonyl (C=O) groups is 1. The van der Waals surface area contributed by atoms with E-state index in [1.807, 2.05) is 0 Å². The first kappa shape index (κ1) is 19.4. The van der Waals surface area contributed by atoms with Crippen molar-refractivity contribution in [2.75, 3.05) is 5.32 Å². The van der Waals surface area contributed by atoms with Crippen molar-refractivity contribution < 1.29 is 18.0 Å². The summed E-state index contributed by atoms with van der Waals surface area (Å²) in [6.07, 6.45) is -3.20. The van der Waals surface area contributed by atoms with Gasteiger partial charge in [-0.15, -0.1) is 0 Å². The Morgan fingerprint density at radius 2 is 1.81 bits per heavy atom. The molecular formula is C19H14F3IN2O2. The zero-order chi connectivity index (χ0) is 19.8. The maximum Gasteiger partial charge on any atom is 0.416 e. The number of rotatable bonds is 3. The molecule has 1 heterocycles. The van der Waals surface area contributed by atoms with Crippen LogP contribution >= 0.6 is 22.6 Å². The van der Waals surface area contributed by atoms with E-state index in [1.165, 1.54) is 12.3 Å². The largest absolute Gasteiger partial charge is 0.416 e. The predicted molar refractivity (Wildman–Crippen MR) is 106 cm³/mol. The van der Waals surface area contributed by atoms with E-state index in [0.29, 0.717) is 17.7 Å². The van der Waals surface area contributed by atoms with Crippen LogP contribution in [0.2, 0.25) is 0 Å². The van der Waals surface area contributed by atoms with Gasteiger partial charge in [0.1, 0.15) is 5.56 Å². The van der Waals surface area contributed by atoms with E-state index in [9.17, 15) is 22.8 Å². The van der Waals surface area contributed by atoms with Gasteiger partial charge in [0.2, 0.25) is 5.43 Å². The maximum atomic E-state index is 13.0. The third-order valence-corrected chi connectivity index (χ3v) is 4.81. The SMILES string of the molecule is CCn1cc(C(=O)Nc2ccc(I)cc2)c(=O)c2cc(C(F)(F)F)ccc21. The van der Waals surface area contributed by atoms with Crippen molar-refractivity contribution in [1.82, 2.24) is 4.57 Å². The standard InChI is InChI=1S/C19H14F3IN2O2/c1-2-25-10-15(18(27)24-13-6-4-12(23)5-7-13)17(26)14-9-11(19(20,21)22)3-8-16(14)25/h3-10H,2H2,1H3,(H,24,27). The summed E-state index contributed by atoms with van der Waals surface area (Å²) in [4.78, 5) is 25.3. The Labute approximate surface area is 166 Å². The quantitative estimate of drug-likeness (QED) is 0.536. The fourth-order valence-corrected chi connectivity index (χ4v) is 3.09. The number of benzene rings is 2. The van der Waals surface area contributed by atoms with Crippen LogP contribution in [0.4, 0.5) is 18.9 Å². The molecule has 2 aromatic carbocycles. The molecule has 0 fully saturated rings. The Morgan fingerprint density at radius 3 is 2.41 bits per heavy atom. The Morgan fingerprint density at radius 1 is 1.15 bits per heavy atom. The van der Waals surface area contributed by atoms with Crippen LogP contribution in [0, 0.1) is 3.57 Å². The highest BCUT2D eigenvalue weighted by Crippen LogP contribution is 2.30.